The first kappa shape index (κ1) is 14.8. The molecule has 1 aromatic heterocycles. The van der Waals surface area contributed by atoms with Gasteiger partial charge in [-0.3, -0.25) is 4.98 Å². The van der Waals surface area contributed by atoms with Gasteiger partial charge in [0, 0.05) is 11.1 Å². The van der Waals surface area contributed by atoms with E-state index >= 15 is 0 Å². The molecule has 1 heterocycles. The Balaban J connectivity index is 2.18. The normalized spacial score (nSPS) is 10.1. The Morgan fingerprint density at radius 3 is 2.26 bits per heavy atom. The van der Waals surface area contributed by atoms with Crippen LogP contribution < -0.4 is 4.74 Å². The zero-order valence-corrected chi connectivity index (χ0v) is 13.1. The number of aryl methyl sites for hydroxylation is 1. The van der Waals surface area contributed by atoms with Crippen LogP contribution in [-0.2, 0) is 0 Å². The second-order valence-corrected chi connectivity index (χ2v) is 5.22. The Morgan fingerprint density at radius 2 is 1.65 bits per heavy atom. The monoisotopic (exact) mass is 300 g/mol. The largest absolute Gasteiger partial charge is 0.497 e. The molecule has 0 spiro atoms. The van der Waals surface area contributed by atoms with Crippen LogP contribution in [0.15, 0.2) is 60.7 Å². The minimum atomic E-state index is 0.606. The molecule has 0 saturated heterocycles. The van der Waals surface area contributed by atoms with E-state index in [9.17, 15) is 5.26 Å². The fraction of sp³-hybridized carbons (Fsp3) is 0.100. The van der Waals surface area contributed by atoms with Crippen molar-refractivity contribution >= 4 is 0 Å². The number of hydrogen-bond donors (Lipinski definition) is 0. The summed E-state index contributed by atoms with van der Waals surface area (Å²) in [5.41, 5.74) is 5.11. The third kappa shape index (κ3) is 2.93. The third-order valence-electron chi connectivity index (χ3n) is 3.78. The number of rotatable bonds is 3. The molecular formula is C20H16N2O. The highest BCUT2D eigenvalue weighted by Gasteiger charge is 2.12. The van der Waals surface area contributed by atoms with Gasteiger partial charge in [0.1, 0.15) is 11.8 Å². The van der Waals surface area contributed by atoms with E-state index in [-0.39, 0.29) is 0 Å². The molecule has 23 heavy (non-hydrogen) atoms. The van der Waals surface area contributed by atoms with Crippen molar-refractivity contribution in [1.82, 2.24) is 4.98 Å². The van der Waals surface area contributed by atoms with Gasteiger partial charge in [0.2, 0.25) is 0 Å². The van der Waals surface area contributed by atoms with Gasteiger partial charge in [-0.15, -0.1) is 0 Å². The van der Waals surface area contributed by atoms with E-state index in [0.29, 0.717) is 5.56 Å². The smallest absolute Gasteiger partial charge is 0.118 e. The molecule has 0 bridgehead atoms. The third-order valence-corrected chi connectivity index (χ3v) is 3.78. The summed E-state index contributed by atoms with van der Waals surface area (Å²) in [6.07, 6.45) is 0. The summed E-state index contributed by atoms with van der Waals surface area (Å²) in [6.45, 7) is 1.87. The van der Waals surface area contributed by atoms with Gasteiger partial charge in [-0.05, 0) is 30.7 Å². The molecule has 3 rings (SSSR count). The number of nitriles is 1. The molecule has 0 N–H and O–H groups in total. The summed E-state index contributed by atoms with van der Waals surface area (Å²) >= 11 is 0. The standard InChI is InChI=1S/C20H16N2O/c1-14-19(13-21)18(15-8-10-17(23-2)11-9-15)12-20(22-14)16-6-4-3-5-7-16/h3-12H,1-2H3. The molecular weight excluding hydrogens is 284 g/mol. The molecule has 2 aromatic carbocycles. The van der Waals surface area contributed by atoms with Crippen LogP contribution in [0.2, 0.25) is 0 Å². The van der Waals surface area contributed by atoms with Crippen molar-refractivity contribution in [2.75, 3.05) is 7.11 Å². The zero-order valence-electron chi connectivity index (χ0n) is 13.1. The van der Waals surface area contributed by atoms with Crippen LogP contribution in [0, 0.1) is 18.3 Å². The van der Waals surface area contributed by atoms with Crippen LogP contribution in [0.5, 0.6) is 5.75 Å². The lowest BCUT2D eigenvalue weighted by Crippen LogP contribution is -1.96. The summed E-state index contributed by atoms with van der Waals surface area (Å²) in [5, 5.41) is 9.51. The van der Waals surface area contributed by atoms with Crippen molar-refractivity contribution in [2.45, 2.75) is 6.92 Å². The average molecular weight is 300 g/mol. The van der Waals surface area contributed by atoms with Gasteiger partial charge < -0.3 is 4.74 Å². The Kier molecular flexibility index (Phi) is 4.07. The maximum atomic E-state index is 9.51. The van der Waals surface area contributed by atoms with E-state index < -0.39 is 0 Å². The predicted octanol–water partition coefficient (Wildman–Crippen LogP) is 4.60. The van der Waals surface area contributed by atoms with E-state index in [4.69, 9.17) is 4.74 Å². The summed E-state index contributed by atoms with van der Waals surface area (Å²) in [4.78, 5) is 4.59. The molecule has 0 aliphatic heterocycles. The molecule has 0 aliphatic carbocycles. The van der Waals surface area contributed by atoms with Crippen molar-refractivity contribution in [3.63, 3.8) is 0 Å². The average Bonchev–Trinajstić information content (AvgIpc) is 2.62. The van der Waals surface area contributed by atoms with Crippen molar-refractivity contribution < 1.29 is 4.74 Å². The topological polar surface area (TPSA) is 45.9 Å². The Bertz CT molecular complexity index is 863. The molecule has 3 nitrogen and oxygen atoms in total. The minimum Gasteiger partial charge on any atom is -0.497 e. The Labute approximate surface area is 135 Å². The van der Waals surface area contributed by atoms with Gasteiger partial charge >= 0.3 is 0 Å². The maximum absolute atomic E-state index is 9.51. The van der Waals surface area contributed by atoms with Crippen LogP contribution in [-0.4, -0.2) is 12.1 Å². The van der Waals surface area contributed by atoms with Gasteiger partial charge in [-0.25, -0.2) is 0 Å². The zero-order chi connectivity index (χ0) is 16.2. The van der Waals surface area contributed by atoms with Crippen LogP contribution >= 0.6 is 0 Å². The SMILES string of the molecule is COc1ccc(-c2cc(-c3ccccc3)nc(C)c2C#N)cc1. The molecule has 0 aliphatic rings. The van der Waals surface area contributed by atoms with Crippen LogP contribution in [0.1, 0.15) is 11.3 Å². The molecule has 3 heteroatoms. The Hall–Kier alpha value is -3.12. The summed E-state index contributed by atoms with van der Waals surface area (Å²) < 4.78 is 5.20. The number of nitrogens with zero attached hydrogens (tertiary/aromatic N) is 2. The van der Waals surface area contributed by atoms with Crippen molar-refractivity contribution in [2.24, 2.45) is 0 Å². The number of ether oxygens (including phenoxy) is 1. The van der Waals surface area contributed by atoms with Crippen LogP contribution in [0.4, 0.5) is 0 Å². The molecule has 0 amide bonds. The van der Waals surface area contributed by atoms with Crippen LogP contribution in [0.3, 0.4) is 0 Å². The predicted molar refractivity (Wildman–Crippen MR) is 91.1 cm³/mol. The summed E-state index contributed by atoms with van der Waals surface area (Å²) in [6, 6.07) is 22.0. The fourth-order valence-corrected chi connectivity index (χ4v) is 2.57. The fourth-order valence-electron chi connectivity index (χ4n) is 2.57. The summed E-state index contributed by atoms with van der Waals surface area (Å²) in [5.74, 6) is 0.793. The van der Waals surface area contributed by atoms with Crippen LogP contribution in [0.25, 0.3) is 22.4 Å². The molecule has 0 saturated carbocycles. The second kappa shape index (κ2) is 6.33. The van der Waals surface area contributed by atoms with E-state index in [2.05, 4.69) is 11.1 Å². The molecule has 112 valence electrons. The van der Waals surface area contributed by atoms with E-state index in [1.807, 2.05) is 67.6 Å². The van der Waals surface area contributed by atoms with Gasteiger partial charge in [0.15, 0.2) is 0 Å². The molecule has 0 fully saturated rings. The number of pyridine rings is 1. The molecule has 0 atom stereocenters. The quantitative estimate of drug-likeness (QED) is 0.710. The first-order chi connectivity index (χ1) is 11.2. The van der Waals surface area contributed by atoms with Crippen molar-refractivity contribution in [3.05, 3.63) is 71.9 Å². The number of benzene rings is 2. The van der Waals surface area contributed by atoms with E-state index in [0.717, 1.165) is 33.8 Å². The highest BCUT2D eigenvalue weighted by atomic mass is 16.5. The highest BCUT2D eigenvalue weighted by Crippen LogP contribution is 2.30. The lowest BCUT2D eigenvalue weighted by Gasteiger charge is -2.11. The minimum absolute atomic E-state index is 0.606. The molecule has 0 radical (unpaired) electrons. The van der Waals surface area contributed by atoms with Gasteiger partial charge in [-0.2, -0.15) is 5.26 Å². The van der Waals surface area contributed by atoms with Crippen molar-refractivity contribution in [3.8, 4) is 34.2 Å². The lowest BCUT2D eigenvalue weighted by atomic mass is 9.97. The molecule has 3 aromatic rings. The van der Waals surface area contributed by atoms with Gasteiger partial charge in [0.05, 0.1) is 24.1 Å². The van der Waals surface area contributed by atoms with E-state index in [1.165, 1.54) is 0 Å². The molecule has 0 unspecified atom stereocenters. The lowest BCUT2D eigenvalue weighted by molar-refractivity contribution is 0.415. The highest BCUT2D eigenvalue weighted by molar-refractivity contribution is 5.76. The van der Waals surface area contributed by atoms with E-state index in [1.54, 1.807) is 7.11 Å². The van der Waals surface area contributed by atoms with Crippen molar-refractivity contribution in [1.29, 1.82) is 5.26 Å². The number of aromatic nitrogens is 1. The summed E-state index contributed by atoms with van der Waals surface area (Å²) in [7, 11) is 1.64. The Morgan fingerprint density at radius 1 is 0.957 bits per heavy atom. The number of hydrogen-bond acceptors (Lipinski definition) is 3. The first-order valence-corrected chi connectivity index (χ1v) is 7.34. The van der Waals surface area contributed by atoms with Gasteiger partial charge in [-0.1, -0.05) is 42.5 Å². The maximum Gasteiger partial charge on any atom is 0.118 e. The van der Waals surface area contributed by atoms with Gasteiger partial charge in [0.25, 0.3) is 0 Å². The first-order valence-electron chi connectivity index (χ1n) is 7.34. The second-order valence-electron chi connectivity index (χ2n) is 5.22. The number of methoxy groups -OCH3 is 1.